The molecule has 0 spiro atoms. The molecule has 6 nitrogen and oxygen atoms in total. The molecule has 0 aliphatic heterocycles. The van der Waals surface area contributed by atoms with Gasteiger partial charge >= 0.3 is 0 Å². The summed E-state index contributed by atoms with van der Waals surface area (Å²) >= 11 is 0. The fourth-order valence-electron chi connectivity index (χ4n) is 5.33. The molecule has 39 heavy (non-hydrogen) atoms. The largest absolute Gasteiger partial charge is 0.367 e. The van der Waals surface area contributed by atoms with E-state index in [-0.39, 0.29) is 31.0 Å². The van der Waals surface area contributed by atoms with Crippen molar-refractivity contribution in [3.05, 3.63) is 95.8 Å². The average Bonchev–Trinajstić information content (AvgIpc) is 3.41. The van der Waals surface area contributed by atoms with Gasteiger partial charge < -0.3 is 19.1 Å². The lowest BCUT2D eigenvalue weighted by Crippen LogP contribution is -2.48. The number of carbonyl (C=O) groups excluding carboxylic acids is 2. The maximum Gasteiger partial charge on any atom is 0.249 e. The van der Waals surface area contributed by atoms with E-state index >= 15 is 0 Å². The highest BCUT2D eigenvalue weighted by Gasteiger charge is 2.28. The topological polar surface area (TPSA) is 54.8 Å². The van der Waals surface area contributed by atoms with Crippen LogP contribution in [0, 0.1) is 0 Å². The SMILES string of the molecule is CCCCN(CC(=O)N(Cc1cccn1Cc1ccccc1)C1CCCCC1)C(=O)COCc1ccccc1. The molecule has 1 fully saturated rings. The number of nitrogens with zero attached hydrogens (tertiary/aromatic N) is 3. The van der Waals surface area contributed by atoms with E-state index in [0.29, 0.717) is 19.7 Å². The van der Waals surface area contributed by atoms with Crippen molar-refractivity contribution in [1.29, 1.82) is 0 Å². The summed E-state index contributed by atoms with van der Waals surface area (Å²) in [6, 6.07) is 24.6. The first-order chi connectivity index (χ1) is 19.1. The molecule has 0 atom stereocenters. The Kier molecular flexibility index (Phi) is 11.2. The van der Waals surface area contributed by atoms with Crippen LogP contribution in [0.1, 0.15) is 68.7 Å². The van der Waals surface area contributed by atoms with E-state index < -0.39 is 0 Å². The van der Waals surface area contributed by atoms with Gasteiger partial charge in [-0.1, -0.05) is 93.3 Å². The van der Waals surface area contributed by atoms with Crippen LogP contribution in [0.25, 0.3) is 0 Å². The first-order valence-electron chi connectivity index (χ1n) is 14.5. The Balaban J connectivity index is 1.44. The molecule has 0 saturated heterocycles. The van der Waals surface area contributed by atoms with Gasteiger partial charge in [-0.2, -0.15) is 0 Å². The zero-order valence-corrected chi connectivity index (χ0v) is 23.3. The summed E-state index contributed by atoms with van der Waals surface area (Å²) in [6.07, 6.45) is 9.47. The van der Waals surface area contributed by atoms with Crippen molar-refractivity contribution < 1.29 is 14.3 Å². The maximum absolute atomic E-state index is 13.9. The zero-order valence-electron chi connectivity index (χ0n) is 23.3. The lowest BCUT2D eigenvalue weighted by atomic mass is 9.94. The molecule has 1 aliphatic rings. The van der Waals surface area contributed by atoms with Crippen molar-refractivity contribution in [3.63, 3.8) is 0 Å². The molecule has 1 heterocycles. The highest BCUT2D eigenvalue weighted by molar-refractivity contribution is 5.85. The number of carbonyl (C=O) groups is 2. The summed E-state index contributed by atoms with van der Waals surface area (Å²) in [7, 11) is 0. The summed E-state index contributed by atoms with van der Waals surface area (Å²) in [5, 5.41) is 0. The fourth-order valence-corrected chi connectivity index (χ4v) is 5.33. The van der Waals surface area contributed by atoms with Crippen molar-refractivity contribution in [2.75, 3.05) is 19.7 Å². The van der Waals surface area contributed by atoms with Crippen LogP contribution >= 0.6 is 0 Å². The molecule has 2 amide bonds. The molecule has 1 saturated carbocycles. The summed E-state index contributed by atoms with van der Waals surface area (Å²) < 4.78 is 7.97. The van der Waals surface area contributed by atoms with Crippen molar-refractivity contribution in [3.8, 4) is 0 Å². The Morgan fingerprint density at radius 3 is 2.26 bits per heavy atom. The van der Waals surface area contributed by atoms with Crippen LogP contribution in [0.4, 0.5) is 0 Å². The first-order valence-corrected chi connectivity index (χ1v) is 14.5. The number of unbranched alkanes of at least 4 members (excludes halogenated alkanes) is 1. The van der Waals surface area contributed by atoms with Gasteiger partial charge in [0.1, 0.15) is 6.61 Å². The van der Waals surface area contributed by atoms with E-state index in [9.17, 15) is 9.59 Å². The van der Waals surface area contributed by atoms with Crippen LogP contribution in [0.2, 0.25) is 0 Å². The van der Waals surface area contributed by atoms with Gasteiger partial charge in [0.2, 0.25) is 11.8 Å². The Morgan fingerprint density at radius 2 is 1.56 bits per heavy atom. The van der Waals surface area contributed by atoms with Crippen molar-refractivity contribution in [2.45, 2.75) is 77.6 Å². The minimum Gasteiger partial charge on any atom is -0.367 e. The van der Waals surface area contributed by atoms with Crippen LogP contribution in [0.5, 0.6) is 0 Å². The van der Waals surface area contributed by atoms with Gasteiger partial charge in [0.25, 0.3) is 0 Å². The number of aromatic nitrogens is 1. The maximum atomic E-state index is 13.9. The second kappa shape index (κ2) is 15.3. The van der Waals surface area contributed by atoms with E-state index in [1.54, 1.807) is 4.90 Å². The fraction of sp³-hybridized carbons (Fsp3) is 0.455. The number of hydrogen-bond donors (Lipinski definition) is 0. The van der Waals surface area contributed by atoms with Gasteiger partial charge in [0.05, 0.1) is 19.7 Å². The lowest BCUT2D eigenvalue weighted by Gasteiger charge is -2.36. The quantitative estimate of drug-likeness (QED) is 0.256. The predicted molar refractivity (Wildman–Crippen MR) is 155 cm³/mol. The van der Waals surface area contributed by atoms with E-state index in [0.717, 1.165) is 56.3 Å². The smallest absolute Gasteiger partial charge is 0.249 e. The molecule has 6 heteroatoms. The van der Waals surface area contributed by atoms with Crippen LogP contribution in [-0.2, 0) is 34.0 Å². The van der Waals surface area contributed by atoms with Gasteiger partial charge in [0.15, 0.2) is 0 Å². The number of amides is 2. The number of rotatable bonds is 14. The van der Waals surface area contributed by atoms with Crippen LogP contribution in [0.3, 0.4) is 0 Å². The average molecular weight is 530 g/mol. The molecule has 2 aromatic carbocycles. The standard InChI is InChI=1S/C33H43N3O3/c1-2-3-21-35(33(38)27-39-26-29-16-9-5-10-17-29)25-32(37)36(30-18-11-6-12-19-30)24-31-20-13-22-34(31)23-28-14-7-4-8-15-28/h4-5,7-10,13-17,20,22,30H,2-3,6,11-12,18-19,21,23-27H2,1H3. The van der Waals surface area contributed by atoms with Crippen molar-refractivity contribution >= 4 is 11.8 Å². The second-order valence-corrected chi connectivity index (χ2v) is 10.6. The minimum atomic E-state index is -0.122. The summed E-state index contributed by atoms with van der Waals surface area (Å²) in [6.45, 7) is 4.47. The summed E-state index contributed by atoms with van der Waals surface area (Å²) in [4.78, 5) is 30.8. The Hall–Kier alpha value is -3.38. The second-order valence-electron chi connectivity index (χ2n) is 10.6. The summed E-state index contributed by atoms with van der Waals surface area (Å²) in [5.41, 5.74) is 3.39. The molecule has 1 aliphatic carbocycles. The molecule has 0 unspecified atom stereocenters. The highest BCUT2D eigenvalue weighted by Crippen LogP contribution is 2.25. The van der Waals surface area contributed by atoms with Crippen LogP contribution < -0.4 is 0 Å². The highest BCUT2D eigenvalue weighted by atomic mass is 16.5. The summed E-state index contributed by atoms with van der Waals surface area (Å²) in [5.74, 6) is -0.0920. The Morgan fingerprint density at radius 1 is 0.872 bits per heavy atom. The third-order valence-electron chi connectivity index (χ3n) is 7.58. The Labute approximate surface area is 233 Å². The molecule has 4 rings (SSSR count). The molecule has 3 aromatic rings. The van der Waals surface area contributed by atoms with E-state index in [1.807, 2.05) is 41.3 Å². The van der Waals surface area contributed by atoms with Gasteiger partial charge in [-0.3, -0.25) is 9.59 Å². The van der Waals surface area contributed by atoms with Crippen molar-refractivity contribution in [1.82, 2.24) is 14.4 Å². The number of ether oxygens (including phenoxy) is 1. The van der Waals surface area contributed by atoms with Crippen LogP contribution in [0.15, 0.2) is 79.0 Å². The molecule has 1 aromatic heterocycles. The third-order valence-corrected chi connectivity index (χ3v) is 7.58. The van der Waals surface area contributed by atoms with E-state index in [4.69, 9.17) is 4.74 Å². The van der Waals surface area contributed by atoms with Crippen LogP contribution in [-0.4, -0.2) is 51.9 Å². The molecular formula is C33H43N3O3. The first kappa shape index (κ1) is 28.6. The van der Waals surface area contributed by atoms with E-state index in [2.05, 4.69) is 54.1 Å². The van der Waals surface area contributed by atoms with E-state index in [1.165, 1.54) is 12.0 Å². The monoisotopic (exact) mass is 529 g/mol. The van der Waals surface area contributed by atoms with Gasteiger partial charge in [-0.25, -0.2) is 0 Å². The lowest BCUT2D eigenvalue weighted by molar-refractivity contribution is -0.145. The van der Waals surface area contributed by atoms with Gasteiger partial charge in [-0.15, -0.1) is 0 Å². The third kappa shape index (κ3) is 8.82. The normalized spacial score (nSPS) is 13.8. The number of benzene rings is 2. The van der Waals surface area contributed by atoms with Gasteiger partial charge in [-0.05, 0) is 42.5 Å². The molecule has 208 valence electrons. The predicted octanol–water partition coefficient (Wildman–Crippen LogP) is 6.04. The van der Waals surface area contributed by atoms with Crippen molar-refractivity contribution in [2.24, 2.45) is 0 Å². The number of hydrogen-bond acceptors (Lipinski definition) is 3. The molecular weight excluding hydrogens is 486 g/mol. The molecule has 0 radical (unpaired) electrons. The Bertz CT molecular complexity index is 1140. The molecule has 0 bridgehead atoms. The zero-order chi connectivity index (χ0) is 27.3. The minimum absolute atomic E-state index is 0.0186. The van der Waals surface area contributed by atoms with Gasteiger partial charge in [0, 0.05) is 31.0 Å². The molecule has 0 N–H and O–H groups in total.